The van der Waals surface area contributed by atoms with Gasteiger partial charge in [0.15, 0.2) is 5.96 Å². The molecule has 0 aliphatic carbocycles. The van der Waals surface area contributed by atoms with Crippen LogP contribution in [0.1, 0.15) is 23.7 Å². The van der Waals surface area contributed by atoms with Crippen LogP contribution in [-0.4, -0.2) is 36.0 Å². The van der Waals surface area contributed by atoms with Crippen molar-refractivity contribution in [1.29, 1.82) is 0 Å². The molecule has 0 unspecified atom stereocenters. The summed E-state index contributed by atoms with van der Waals surface area (Å²) in [4.78, 5) is 11.0. The topological polar surface area (TPSA) is 40.5 Å². The van der Waals surface area contributed by atoms with Crippen molar-refractivity contribution in [2.45, 2.75) is 26.8 Å². The molecule has 1 aromatic carbocycles. The number of aliphatic imine (C=N–C) groups is 1. The summed E-state index contributed by atoms with van der Waals surface area (Å²) in [6, 6.07) is 10.7. The van der Waals surface area contributed by atoms with Crippen molar-refractivity contribution in [3.05, 3.63) is 65.2 Å². The molecule has 6 heteroatoms. The summed E-state index contributed by atoms with van der Waals surface area (Å²) in [5, 5.41) is 3.30. The van der Waals surface area contributed by atoms with Gasteiger partial charge in [-0.2, -0.15) is 0 Å². The largest absolute Gasteiger partial charge is 0.357 e. The molecule has 2 rings (SSSR count). The molecule has 0 fully saturated rings. The standard InChI is InChI=1S/C19H25FN4.HI/c1-4-21-19(22-12-11-16-6-5-15(2)23-13-16)24(3)14-17-7-9-18(20)10-8-17;/h5-10,13H,4,11-12,14H2,1-3H3,(H,21,22);1H. The lowest BCUT2D eigenvalue weighted by molar-refractivity contribution is 0.476. The number of guanidine groups is 1. The third kappa shape index (κ3) is 7.37. The summed E-state index contributed by atoms with van der Waals surface area (Å²) < 4.78 is 13.0. The van der Waals surface area contributed by atoms with Gasteiger partial charge in [0.05, 0.1) is 0 Å². The lowest BCUT2D eigenvalue weighted by atomic mass is 10.2. The van der Waals surface area contributed by atoms with Gasteiger partial charge < -0.3 is 10.2 Å². The van der Waals surface area contributed by atoms with Crippen LogP contribution in [0.4, 0.5) is 4.39 Å². The van der Waals surface area contributed by atoms with Crippen molar-refractivity contribution in [2.75, 3.05) is 20.1 Å². The maximum atomic E-state index is 13.0. The summed E-state index contributed by atoms with van der Waals surface area (Å²) in [6.07, 6.45) is 2.76. The van der Waals surface area contributed by atoms with Crippen LogP contribution in [-0.2, 0) is 13.0 Å². The Balaban J connectivity index is 0.00000312. The average molecular weight is 456 g/mol. The molecule has 0 saturated carbocycles. The van der Waals surface area contributed by atoms with Crippen molar-refractivity contribution in [3.63, 3.8) is 0 Å². The Kier molecular flexibility index (Phi) is 9.41. The molecule has 1 heterocycles. The van der Waals surface area contributed by atoms with E-state index in [0.29, 0.717) is 13.1 Å². The van der Waals surface area contributed by atoms with E-state index in [0.717, 1.165) is 30.2 Å². The first-order valence-corrected chi connectivity index (χ1v) is 8.24. The number of pyridine rings is 1. The van der Waals surface area contributed by atoms with E-state index < -0.39 is 0 Å². The van der Waals surface area contributed by atoms with E-state index in [1.807, 2.05) is 38.1 Å². The number of aryl methyl sites for hydroxylation is 1. The van der Waals surface area contributed by atoms with Crippen LogP contribution in [0.3, 0.4) is 0 Å². The lowest BCUT2D eigenvalue weighted by Gasteiger charge is -2.22. The van der Waals surface area contributed by atoms with E-state index in [9.17, 15) is 4.39 Å². The van der Waals surface area contributed by atoms with Gasteiger partial charge in [-0.25, -0.2) is 4.39 Å². The fraction of sp³-hybridized carbons (Fsp3) is 0.368. The van der Waals surface area contributed by atoms with Gasteiger partial charge in [0.2, 0.25) is 0 Å². The summed E-state index contributed by atoms with van der Waals surface area (Å²) in [7, 11) is 1.98. The number of rotatable bonds is 6. The summed E-state index contributed by atoms with van der Waals surface area (Å²) >= 11 is 0. The molecule has 25 heavy (non-hydrogen) atoms. The highest BCUT2D eigenvalue weighted by Gasteiger charge is 2.06. The highest BCUT2D eigenvalue weighted by atomic mass is 127. The zero-order valence-corrected chi connectivity index (χ0v) is 17.3. The predicted octanol–water partition coefficient (Wildman–Crippen LogP) is 3.79. The first kappa shape index (κ1) is 21.3. The number of halogens is 2. The minimum absolute atomic E-state index is 0. The number of hydrogen-bond acceptors (Lipinski definition) is 2. The first-order valence-electron chi connectivity index (χ1n) is 8.24. The Morgan fingerprint density at radius 3 is 2.44 bits per heavy atom. The number of nitrogens with one attached hydrogen (secondary N) is 1. The molecule has 4 nitrogen and oxygen atoms in total. The Morgan fingerprint density at radius 2 is 1.84 bits per heavy atom. The monoisotopic (exact) mass is 456 g/mol. The van der Waals surface area contributed by atoms with Crippen molar-refractivity contribution >= 4 is 29.9 Å². The normalized spacial score (nSPS) is 11.0. The number of aromatic nitrogens is 1. The minimum atomic E-state index is -0.214. The zero-order chi connectivity index (χ0) is 17.4. The van der Waals surface area contributed by atoms with Crippen molar-refractivity contribution in [1.82, 2.24) is 15.2 Å². The van der Waals surface area contributed by atoms with Gasteiger partial charge in [0.1, 0.15) is 5.82 Å². The molecule has 0 bridgehead atoms. The van der Waals surface area contributed by atoms with E-state index >= 15 is 0 Å². The van der Waals surface area contributed by atoms with Gasteiger partial charge in [0.25, 0.3) is 0 Å². The van der Waals surface area contributed by atoms with Crippen LogP contribution < -0.4 is 5.32 Å². The Bertz CT molecular complexity index is 656. The number of hydrogen-bond donors (Lipinski definition) is 1. The maximum absolute atomic E-state index is 13.0. The van der Waals surface area contributed by atoms with Crippen LogP contribution in [0.25, 0.3) is 0 Å². The molecule has 2 aromatic rings. The van der Waals surface area contributed by atoms with Gasteiger partial charge >= 0.3 is 0 Å². The second-order valence-electron chi connectivity index (χ2n) is 5.78. The van der Waals surface area contributed by atoms with Gasteiger partial charge in [-0.05, 0) is 49.6 Å². The van der Waals surface area contributed by atoms with Gasteiger partial charge in [-0.1, -0.05) is 18.2 Å². The zero-order valence-electron chi connectivity index (χ0n) is 15.0. The maximum Gasteiger partial charge on any atom is 0.193 e. The van der Waals surface area contributed by atoms with E-state index in [2.05, 4.69) is 21.4 Å². The molecular weight excluding hydrogens is 430 g/mol. The molecule has 1 aromatic heterocycles. The third-order valence-electron chi connectivity index (χ3n) is 3.66. The molecule has 0 aliphatic rings. The Morgan fingerprint density at radius 1 is 1.16 bits per heavy atom. The molecule has 0 spiro atoms. The van der Waals surface area contributed by atoms with Crippen LogP contribution in [0.2, 0.25) is 0 Å². The minimum Gasteiger partial charge on any atom is -0.357 e. The predicted molar refractivity (Wildman–Crippen MR) is 112 cm³/mol. The van der Waals surface area contributed by atoms with Gasteiger partial charge in [-0.3, -0.25) is 9.98 Å². The van der Waals surface area contributed by atoms with Crippen molar-refractivity contribution in [3.8, 4) is 0 Å². The molecule has 0 saturated heterocycles. The third-order valence-corrected chi connectivity index (χ3v) is 3.66. The van der Waals surface area contributed by atoms with Gasteiger partial charge in [0, 0.05) is 38.6 Å². The van der Waals surface area contributed by atoms with E-state index in [1.54, 1.807) is 12.1 Å². The van der Waals surface area contributed by atoms with E-state index in [1.165, 1.54) is 17.7 Å². The fourth-order valence-electron chi connectivity index (χ4n) is 2.35. The van der Waals surface area contributed by atoms with Crippen LogP contribution in [0.5, 0.6) is 0 Å². The summed E-state index contributed by atoms with van der Waals surface area (Å²) in [5.74, 6) is 0.635. The quantitative estimate of drug-likeness (QED) is 0.409. The molecule has 0 amide bonds. The van der Waals surface area contributed by atoms with E-state index in [4.69, 9.17) is 0 Å². The molecular formula is C19H26FIN4. The SMILES string of the molecule is CCNC(=NCCc1ccc(C)nc1)N(C)Cc1ccc(F)cc1.I. The Labute approximate surface area is 166 Å². The van der Waals surface area contributed by atoms with Crippen LogP contribution in [0.15, 0.2) is 47.6 Å². The van der Waals surface area contributed by atoms with Crippen molar-refractivity contribution < 1.29 is 4.39 Å². The molecule has 0 radical (unpaired) electrons. The summed E-state index contributed by atoms with van der Waals surface area (Å²) in [6.45, 7) is 6.21. The lowest BCUT2D eigenvalue weighted by Crippen LogP contribution is -2.38. The first-order chi connectivity index (χ1) is 11.6. The second kappa shape index (κ2) is 11.0. The fourth-order valence-corrected chi connectivity index (χ4v) is 2.35. The van der Waals surface area contributed by atoms with E-state index in [-0.39, 0.29) is 29.8 Å². The molecule has 0 aliphatic heterocycles. The number of benzene rings is 1. The van der Waals surface area contributed by atoms with Crippen LogP contribution in [0, 0.1) is 12.7 Å². The molecule has 1 N–H and O–H groups in total. The van der Waals surface area contributed by atoms with Crippen LogP contribution >= 0.6 is 24.0 Å². The Hall–Kier alpha value is -1.70. The molecule has 0 atom stereocenters. The highest BCUT2D eigenvalue weighted by Crippen LogP contribution is 2.06. The highest BCUT2D eigenvalue weighted by molar-refractivity contribution is 14.0. The average Bonchev–Trinajstić information content (AvgIpc) is 2.58. The number of nitrogens with zero attached hydrogens (tertiary/aromatic N) is 3. The van der Waals surface area contributed by atoms with Gasteiger partial charge in [-0.15, -0.1) is 24.0 Å². The smallest absolute Gasteiger partial charge is 0.193 e. The molecule has 136 valence electrons. The van der Waals surface area contributed by atoms with Crippen molar-refractivity contribution in [2.24, 2.45) is 4.99 Å². The summed E-state index contributed by atoms with van der Waals surface area (Å²) in [5.41, 5.74) is 3.25. The second-order valence-corrected chi connectivity index (χ2v) is 5.78.